The van der Waals surface area contributed by atoms with Crippen molar-refractivity contribution in [3.63, 3.8) is 0 Å². The van der Waals surface area contributed by atoms with Crippen molar-refractivity contribution < 1.29 is 17.9 Å². The highest BCUT2D eigenvalue weighted by Crippen LogP contribution is 2.17. The normalized spacial score (nSPS) is 19.1. The summed E-state index contributed by atoms with van der Waals surface area (Å²) in [6, 6.07) is 5.98. The smallest absolute Gasteiger partial charge is 0.251 e. The number of amides is 1. The topological polar surface area (TPSA) is 99.8 Å². The van der Waals surface area contributed by atoms with Crippen LogP contribution in [-0.4, -0.2) is 64.6 Å². The van der Waals surface area contributed by atoms with Crippen LogP contribution in [0.4, 0.5) is 0 Å². The highest BCUT2D eigenvalue weighted by atomic mass is 32.2. The molecule has 1 unspecified atom stereocenters. The number of hydrogen-bond acceptors (Lipinski definition) is 6. The number of rotatable bonds is 8. The van der Waals surface area contributed by atoms with Crippen LogP contribution in [0.3, 0.4) is 0 Å². The molecule has 1 aromatic rings. The molecule has 0 spiro atoms. The SMILES string of the molecule is COC[C@H](C)NC(=O)c1cccc(S(=O)(=O)N(C)CC2CCNN2)c1. The third-order valence-corrected chi connectivity index (χ3v) is 5.82. The van der Waals surface area contributed by atoms with E-state index in [1.807, 2.05) is 6.92 Å². The predicted molar refractivity (Wildman–Crippen MR) is 94.6 cm³/mol. The van der Waals surface area contributed by atoms with Crippen molar-refractivity contribution in [3.8, 4) is 0 Å². The lowest BCUT2D eigenvalue weighted by atomic mass is 10.2. The minimum absolute atomic E-state index is 0.0705. The Morgan fingerprint density at radius 3 is 2.88 bits per heavy atom. The van der Waals surface area contributed by atoms with Gasteiger partial charge in [0.25, 0.3) is 5.91 Å². The van der Waals surface area contributed by atoms with E-state index in [1.54, 1.807) is 26.3 Å². The second-order valence-corrected chi connectivity index (χ2v) is 8.24. The van der Waals surface area contributed by atoms with Crippen molar-refractivity contribution in [3.05, 3.63) is 29.8 Å². The summed E-state index contributed by atoms with van der Waals surface area (Å²) in [5, 5.41) is 2.77. The van der Waals surface area contributed by atoms with Crippen LogP contribution in [-0.2, 0) is 14.8 Å². The molecule has 1 aromatic carbocycles. The van der Waals surface area contributed by atoms with Crippen LogP contribution in [0.1, 0.15) is 23.7 Å². The van der Waals surface area contributed by atoms with E-state index in [-0.39, 0.29) is 22.9 Å². The monoisotopic (exact) mass is 370 g/mol. The Morgan fingerprint density at radius 2 is 2.24 bits per heavy atom. The second-order valence-electron chi connectivity index (χ2n) is 6.20. The van der Waals surface area contributed by atoms with Crippen LogP contribution in [0.15, 0.2) is 29.2 Å². The van der Waals surface area contributed by atoms with Crippen molar-refractivity contribution >= 4 is 15.9 Å². The summed E-state index contributed by atoms with van der Waals surface area (Å²) in [4.78, 5) is 12.4. The molecule has 1 aliphatic heterocycles. The fourth-order valence-electron chi connectivity index (χ4n) is 2.66. The van der Waals surface area contributed by atoms with Gasteiger partial charge in [-0.3, -0.25) is 15.6 Å². The van der Waals surface area contributed by atoms with Gasteiger partial charge in [-0.05, 0) is 31.5 Å². The van der Waals surface area contributed by atoms with Gasteiger partial charge in [0.15, 0.2) is 0 Å². The number of likely N-dealkylation sites (N-methyl/N-ethyl adjacent to an activating group) is 1. The molecule has 1 saturated heterocycles. The Bertz CT molecular complexity index is 689. The van der Waals surface area contributed by atoms with E-state index < -0.39 is 10.0 Å². The molecule has 9 heteroatoms. The first-order valence-electron chi connectivity index (χ1n) is 8.19. The third-order valence-electron chi connectivity index (χ3n) is 4.00. The maximum Gasteiger partial charge on any atom is 0.251 e. The van der Waals surface area contributed by atoms with E-state index >= 15 is 0 Å². The van der Waals surface area contributed by atoms with Crippen molar-refractivity contribution in [2.45, 2.75) is 30.3 Å². The van der Waals surface area contributed by atoms with E-state index in [9.17, 15) is 13.2 Å². The van der Waals surface area contributed by atoms with Crippen molar-refractivity contribution in [2.75, 3.05) is 33.9 Å². The number of carbonyl (C=O) groups is 1. The molecular weight excluding hydrogens is 344 g/mol. The molecule has 0 saturated carbocycles. The minimum Gasteiger partial charge on any atom is -0.383 e. The summed E-state index contributed by atoms with van der Waals surface area (Å²) < 4.78 is 31.8. The molecule has 0 aliphatic carbocycles. The Hall–Kier alpha value is -1.52. The van der Waals surface area contributed by atoms with Crippen LogP contribution in [0.2, 0.25) is 0 Å². The maximum atomic E-state index is 12.7. The molecule has 1 fully saturated rings. The Balaban J connectivity index is 2.11. The van der Waals surface area contributed by atoms with Crippen LogP contribution < -0.4 is 16.2 Å². The summed E-state index contributed by atoms with van der Waals surface area (Å²) in [6.45, 7) is 3.37. The number of hydrazine groups is 1. The van der Waals surface area contributed by atoms with E-state index in [0.717, 1.165) is 13.0 Å². The third kappa shape index (κ3) is 5.23. The highest BCUT2D eigenvalue weighted by molar-refractivity contribution is 7.89. The summed E-state index contributed by atoms with van der Waals surface area (Å²) in [6.07, 6.45) is 0.861. The molecule has 0 radical (unpaired) electrons. The average molecular weight is 370 g/mol. The molecule has 2 rings (SSSR count). The van der Waals surface area contributed by atoms with E-state index in [2.05, 4.69) is 16.2 Å². The van der Waals surface area contributed by atoms with Crippen LogP contribution in [0, 0.1) is 0 Å². The fraction of sp³-hybridized carbons (Fsp3) is 0.562. The van der Waals surface area contributed by atoms with Gasteiger partial charge in [0.05, 0.1) is 11.5 Å². The number of hydrogen-bond donors (Lipinski definition) is 3. The van der Waals surface area contributed by atoms with Crippen molar-refractivity contribution in [1.82, 2.24) is 20.5 Å². The van der Waals surface area contributed by atoms with Crippen LogP contribution in [0.25, 0.3) is 0 Å². The predicted octanol–water partition coefficient (Wildman–Crippen LogP) is -0.0617. The molecule has 140 valence electrons. The molecule has 1 aliphatic rings. The zero-order chi connectivity index (χ0) is 18.4. The molecule has 0 aromatic heterocycles. The molecule has 0 bridgehead atoms. The Kier molecular flexibility index (Phi) is 6.91. The van der Waals surface area contributed by atoms with E-state index in [0.29, 0.717) is 18.7 Å². The van der Waals surface area contributed by atoms with Gasteiger partial charge in [-0.2, -0.15) is 4.31 Å². The van der Waals surface area contributed by atoms with E-state index in [4.69, 9.17) is 4.74 Å². The average Bonchev–Trinajstić information content (AvgIpc) is 3.08. The summed E-state index contributed by atoms with van der Waals surface area (Å²) >= 11 is 0. The first-order valence-corrected chi connectivity index (χ1v) is 9.63. The Labute approximate surface area is 148 Å². The number of ether oxygens (including phenoxy) is 1. The standard InChI is InChI=1S/C16H26N4O4S/c1-12(11-24-3)18-16(21)13-5-4-6-15(9-13)25(22,23)20(2)10-14-7-8-17-19-14/h4-6,9,12,14,17,19H,7-8,10-11H2,1-3H3,(H,18,21)/t12-,14?/m0/s1. The van der Waals surface area contributed by atoms with Gasteiger partial charge in [-0.15, -0.1) is 0 Å². The van der Waals surface area contributed by atoms with Crippen molar-refractivity contribution in [2.24, 2.45) is 0 Å². The van der Waals surface area contributed by atoms with Crippen LogP contribution >= 0.6 is 0 Å². The Morgan fingerprint density at radius 1 is 1.48 bits per heavy atom. The fourth-order valence-corrected chi connectivity index (χ4v) is 3.92. The molecule has 1 heterocycles. The van der Waals surface area contributed by atoms with Gasteiger partial charge in [0.2, 0.25) is 10.0 Å². The van der Waals surface area contributed by atoms with Gasteiger partial charge < -0.3 is 10.1 Å². The first-order chi connectivity index (χ1) is 11.8. The largest absolute Gasteiger partial charge is 0.383 e. The lowest BCUT2D eigenvalue weighted by Crippen LogP contribution is -2.41. The molecule has 1 amide bonds. The number of carbonyl (C=O) groups excluding carboxylic acids is 1. The number of nitrogens with zero attached hydrogens (tertiary/aromatic N) is 1. The number of benzene rings is 1. The van der Waals surface area contributed by atoms with E-state index in [1.165, 1.54) is 16.4 Å². The van der Waals surface area contributed by atoms with Gasteiger partial charge in [-0.25, -0.2) is 8.42 Å². The van der Waals surface area contributed by atoms with Gasteiger partial charge in [0, 0.05) is 44.9 Å². The van der Waals surface area contributed by atoms with Gasteiger partial charge in [-0.1, -0.05) is 6.07 Å². The number of methoxy groups -OCH3 is 1. The first kappa shape index (κ1) is 19.8. The van der Waals surface area contributed by atoms with Crippen LogP contribution in [0.5, 0.6) is 0 Å². The van der Waals surface area contributed by atoms with Gasteiger partial charge in [0.1, 0.15) is 0 Å². The van der Waals surface area contributed by atoms with Gasteiger partial charge >= 0.3 is 0 Å². The quantitative estimate of drug-likeness (QED) is 0.593. The molecule has 3 N–H and O–H groups in total. The van der Waals surface area contributed by atoms with Crippen molar-refractivity contribution in [1.29, 1.82) is 0 Å². The number of nitrogens with one attached hydrogen (secondary N) is 3. The second kappa shape index (κ2) is 8.72. The molecule has 25 heavy (non-hydrogen) atoms. The molecular formula is C16H26N4O4S. The lowest BCUT2D eigenvalue weighted by Gasteiger charge is -2.21. The summed E-state index contributed by atoms with van der Waals surface area (Å²) in [7, 11) is -0.560. The minimum atomic E-state index is -3.66. The lowest BCUT2D eigenvalue weighted by molar-refractivity contribution is 0.0905. The zero-order valence-corrected chi connectivity index (χ0v) is 15.6. The summed E-state index contributed by atoms with van der Waals surface area (Å²) in [5.41, 5.74) is 6.33. The highest BCUT2D eigenvalue weighted by Gasteiger charge is 2.26. The molecule has 8 nitrogen and oxygen atoms in total. The maximum absolute atomic E-state index is 12.7. The zero-order valence-electron chi connectivity index (χ0n) is 14.8. The summed E-state index contributed by atoms with van der Waals surface area (Å²) in [5.74, 6) is -0.328. The molecule has 2 atom stereocenters. The number of sulfonamides is 1.